The third kappa shape index (κ3) is 1.91. The van der Waals surface area contributed by atoms with Crippen molar-refractivity contribution in [3.8, 4) is 0 Å². The average Bonchev–Trinajstić information content (AvgIpc) is 3.14. The summed E-state index contributed by atoms with van der Waals surface area (Å²) in [4.78, 5) is 8.88. The Kier molecular flexibility index (Phi) is 3.08. The van der Waals surface area contributed by atoms with E-state index >= 15 is 0 Å². The van der Waals surface area contributed by atoms with Crippen LogP contribution in [0, 0.1) is 5.41 Å². The predicted octanol–water partition coefficient (Wildman–Crippen LogP) is 2.58. The van der Waals surface area contributed by atoms with Gasteiger partial charge in [0.2, 0.25) is 0 Å². The van der Waals surface area contributed by atoms with Crippen molar-refractivity contribution in [2.75, 3.05) is 31.2 Å². The van der Waals surface area contributed by atoms with E-state index in [2.05, 4.69) is 58.1 Å². The molecule has 0 amide bonds. The first-order valence-electron chi connectivity index (χ1n) is 7.83. The van der Waals surface area contributed by atoms with E-state index in [-0.39, 0.29) is 11.0 Å². The fraction of sp³-hybridized carbons (Fsp3) is 0.389. The smallest absolute Gasteiger partial charge is 0.0765 e. The van der Waals surface area contributed by atoms with E-state index in [1.807, 2.05) is 18.5 Å². The third-order valence-corrected chi connectivity index (χ3v) is 5.08. The largest absolute Gasteiger partial charge is 0.378 e. The minimum absolute atomic E-state index is 0.0289. The molecule has 3 aliphatic rings. The molecule has 0 spiro atoms. The lowest BCUT2D eigenvalue weighted by atomic mass is 10.0. The van der Waals surface area contributed by atoms with Gasteiger partial charge in [-0.15, -0.1) is 6.58 Å². The predicted molar refractivity (Wildman–Crippen MR) is 87.4 cm³/mol. The van der Waals surface area contributed by atoms with E-state index in [1.54, 1.807) is 0 Å². The molecule has 114 valence electrons. The van der Waals surface area contributed by atoms with Crippen LogP contribution in [-0.4, -0.2) is 41.7 Å². The molecule has 1 aromatic heterocycles. The fourth-order valence-electron chi connectivity index (χ4n) is 3.65. The summed E-state index contributed by atoms with van der Waals surface area (Å²) in [5, 5.41) is 0. The zero-order valence-electron chi connectivity index (χ0n) is 12.7. The number of fused-ring (bicyclic) bond motifs is 1. The van der Waals surface area contributed by atoms with Gasteiger partial charge in [-0.1, -0.05) is 18.2 Å². The maximum Gasteiger partial charge on any atom is 0.0765 e. The number of ether oxygens (including phenoxy) is 1. The number of morpholine rings is 1. The van der Waals surface area contributed by atoms with Crippen LogP contribution in [0.4, 0.5) is 5.69 Å². The van der Waals surface area contributed by atoms with Crippen molar-refractivity contribution in [3.63, 3.8) is 0 Å². The van der Waals surface area contributed by atoms with Gasteiger partial charge in [-0.25, -0.2) is 0 Å². The van der Waals surface area contributed by atoms with Crippen LogP contribution in [0.15, 0.2) is 61.7 Å². The van der Waals surface area contributed by atoms with Crippen molar-refractivity contribution in [2.24, 2.45) is 5.41 Å². The molecule has 2 aliphatic heterocycles. The van der Waals surface area contributed by atoms with E-state index in [4.69, 9.17) is 4.74 Å². The van der Waals surface area contributed by atoms with Gasteiger partial charge in [0.05, 0.1) is 30.6 Å². The lowest BCUT2D eigenvalue weighted by Gasteiger charge is -2.28. The van der Waals surface area contributed by atoms with Gasteiger partial charge in [0, 0.05) is 30.9 Å². The fourth-order valence-corrected chi connectivity index (χ4v) is 3.65. The summed E-state index contributed by atoms with van der Waals surface area (Å²) in [7, 11) is 0. The first-order chi connectivity index (χ1) is 10.8. The topological polar surface area (TPSA) is 28.6 Å². The molecule has 1 aliphatic carbocycles. The summed E-state index contributed by atoms with van der Waals surface area (Å²) in [6, 6.07) is 4.08. The zero-order chi connectivity index (χ0) is 15.0. The van der Waals surface area contributed by atoms with Crippen LogP contribution in [0.5, 0.6) is 0 Å². The van der Waals surface area contributed by atoms with Gasteiger partial charge < -0.3 is 14.5 Å². The first-order valence-corrected chi connectivity index (χ1v) is 7.83. The highest BCUT2D eigenvalue weighted by Gasteiger charge is 2.68. The van der Waals surface area contributed by atoms with Gasteiger partial charge in [0.15, 0.2) is 0 Å². The number of hydrogen-bond acceptors (Lipinski definition) is 4. The Balaban J connectivity index is 1.56. The molecule has 0 bridgehead atoms. The molecule has 1 saturated heterocycles. The Bertz CT molecular complexity index is 620. The molecule has 1 aromatic rings. The van der Waals surface area contributed by atoms with Crippen molar-refractivity contribution in [1.82, 2.24) is 9.88 Å². The normalized spacial score (nSPS) is 33.3. The van der Waals surface area contributed by atoms with E-state index in [0.29, 0.717) is 0 Å². The number of nitrogens with zero attached hydrogens (tertiary/aromatic N) is 3. The molecular weight excluding hydrogens is 274 g/mol. The van der Waals surface area contributed by atoms with Crippen LogP contribution in [0.25, 0.3) is 0 Å². The molecular formula is C18H21N3O. The number of pyridine rings is 1. The van der Waals surface area contributed by atoms with Crippen LogP contribution >= 0.6 is 0 Å². The molecule has 0 aromatic carbocycles. The minimum Gasteiger partial charge on any atom is -0.378 e. The Morgan fingerprint density at radius 1 is 1.32 bits per heavy atom. The van der Waals surface area contributed by atoms with Gasteiger partial charge in [-0.3, -0.25) is 4.98 Å². The van der Waals surface area contributed by atoms with Crippen LogP contribution < -0.4 is 4.90 Å². The molecule has 0 N–H and O–H groups in total. The second-order valence-electron chi connectivity index (χ2n) is 6.21. The lowest BCUT2D eigenvalue weighted by Crippen LogP contribution is -2.33. The summed E-state index contributed by atoms with van der Waals surface area (Å²) in [5.74, 6) is 0. The molecule has 2 atom stereocenters. The van der Waals surface area contributed by atoms with Crippen molar-refractivity contribution in [3.05, 3.63) is 61.7 Å². The van der Waals surface area contributed by atoms with Crippen LogP contribution in [0.1, 0.15) is 6.42 Å². The van der Waals surface area contributed by atoms with Gasteiger partial charge in [-0.05, 0) is 24.8 Å². The third-order valence-electron chi connectivity index (χ3n) is 5.08. The lowest BCUT2D eigenvalue weighted by molar-refractivity contribution is 0.0591. The maximum atomic E-state index is 5.40. The average molecular weight is 295 g/mol. The molecule has 4 heteroatoms. The van der Waals surface area contributed by atoms with Gasteiger partial charge in [-0.2, -0.15) is 0 Å². The summed E-state index contributed by atoms with van der Waals surface area (Å²) in [5.41, 5.74) is 1.17. The summed E-state index contributed by atoms with van der Waals surface area (Å²) >= 11 is 0. The molecule has 2 fully saturated rings. The van der Waals surface area contributed by atoms with Crippen molar-refractivity contribution in [1.29, 1.82) is 0 Å². The van der Waals surface area contributed by atoms with E-state index in [1.165, 1.54) is 0 Å². The van der Waals surface area contributed by atoms with E-state index in [9.17, 15) is 0 Å². The van der Waals surface area contributed by atoms with Crippen LogP contribution in [0.3, 0.4) is 0 Å². The van der Waals surface area contributed by atoms with Gasteiger partial charge >= 0.3 is 0 Å². The van der Waals surface area contributed by atoms with Crippen molar-refractivity contribution in [2.45, 2.75) is 12.0 Å². The molecule has 4 rings (SSSR count). The zero-order valence-corrected chi connectivity index (χ0v) is 12.7. The maximum absolute atomic E-state index is 5.40. The van der Waals surface area contributed by atoms with Crippen LogP contribution in [0.2, 0.25) is 0 Å². The number of anilines is 1. The summed E-state index contributed by atoms with van der Waals surface area (Å²) in [6.07, 6.45) is 15.9. The second-order valence-corrected chi connectivity index (χ2v) is 6.21. The van der Waals surface area contributed by atoms with Crippen molar-refractivity contribution >= 4 is 5.69 Å². The molecule has 3 heterocycles. The van der Waals surface area contributed by atoms with E-state index < -0.39 is 0 Å². The summed E-state index contributed by atoms with van der Waals surface area (Å²) in [6.45, 7) is 7.70. The number of hydrogen-bond donors (Lipinski definition) is 0. The molecule has 0 radical (unpaired) electrons. The Labute approximate surface area is 131 Å². The minimum atomic E-state index is -0.0289. The Morgan fingerprint density at radius 3 is 2.91 bits per heavy atom. The second kappa shape index (κ2) is 4.99. The summed E-state index contributed by atoms with van der Waals surface area (Å²) < 4.78 is 5.40. The van der Waals surface area contributed by atoms with E-state index in [0.717, 1.165) is 38.4 Å². The van der Waals surface area contributed by atoms with Crippen LogP contribution in [-0.2, 0) is 4.74 Å². The molecule has 4 nitrogen and oxygen atoms in total. The number of aromatic nitrogens is 1. The SMILES string of the molecule is C=CC12CC1(/C=C/N1CCOCC1)C=CN2c1cccnc1. The first kappa shape index (κ1) is 13.6. The highest BCUT2D eigenvalue weighted by atomic mass is 16.5. The Hall–Kier alpha value is -2.07. The highest BCUT2D eigenvalue weighted by molar-refractivity contribution is 5.65. The standard InChI is InChI=1S/C18H21N3O/c1-2-18-15-17(18,5-8-20-10-12-22-13-11-20)6-9-21(18)16-4-3-7-19-14-16/h2-9,14H,1,10-13,15H2/b8-5+. The number of rotatable bonds is 4. The molecule has 1 saturated carbocycles. The molecule has 2 unspecified atom stereocenters. The Morgan fingerprint density at radius 2 is 2.18 bits per heavy atom. The van der Waals surface area contributed by atoms with Crippen molar-refractivity contribution < 1.29 is 4.74 Å². The van der Waals surface area contributed by atoms with Gasteiger partial charge in [0.1, 0.15) is 0 Å². The van der Waals surface area contributed by atoms with Gasteiger partial charge in [0.25, 0.3) is 0 Å². The highest BCUT2D eigenvalue weighted by Crippen LogP contribution is 2.67. The molecule has 22 heavy (non-hydrogen) atoms. The quantitative estimate of drug-likeness (QED) is 0.798. The monoisotopic (exact) mass is 295 g/mol.